The van der Waals surface area contributed by atoms with E-state index in [-0.39, 0.29) is 0 Å². The number of hydrogen-bond donors (Lipinski definition) is 0. The molecule has 1 saturated heterocycles. The summed E-state index contributed by atoms with van der Waals surface area (Å²) in [5.74, 6) is 1.37. The van der Waals surface area contributed by atoms with E-state index >= 15 is 0 Å². The first-order valence-corrected chi connectivity index (χ1v) is 5.62. The highest BCUT2D eigenvalue weighted by Gasteiger charge is 2.28. The van der Waals surface area contributed by atoms with E-state index in [0.717, 1.165) is 12.2 Å². The predicted octanol–water partition coefficient (Wildman–Crippen LogP) is 1.89. The van der Waals surface area contributed by atoms with Gasteiger partial charge in [-0.05, 0) is 32.3 Å². The molecule has 1 aromatic rings. The third kappa shape index (κ3) is 1.99. The Morgan fingerprint density at radius 1 is 1.44 bits per heavy atom. The van der Waals surface area contributed by atoms with Gasteiger partial charge >= 0.3 is 0 Å². The van der Waals surface area contributed by atoms with E-state index in [0.29, 0.717) is 23.6 Å². The Bertz CT molecular complexity index is 435. The highest BCUT2D eigenvalue weighted by atomic mass is 15.3. The van der Waals surface area contributed by atoms with Crippen LogP contribution < -0.4 is 4.90 Å². The van der Waals surface area contributed by atoms with E-state index in [1.54, 1.807) is 6.07 Å². The molecule has 2 unspecified atom stereocenters. The molecule has 1 aliphatic rings. The van der Waals surface area contributed by atoms with Gasteiger partial charge in [-0.1, -0.05) is 6.92 Å². The first-order chi connectivity index (χ1) is 7.60. The molecule has 0 aliphatic carbocycles. The monoisotopic (exact) mass is 216 g/mol. The normalized spacial score (nSPS) is 24.5. The number of nitrogens with zero attached hydrogens (tertiary/aromatic N) is 4. The standard InChI is InChI=1S/C12H16N4/c1-8-4-10(3)16(7-8)12-14-9(2)5-11(6-13)15-12/h5,8,10H,4,7H2,1-3H3. The minimum atomic E-state index is 0.453. The minimum absolute atomic E-state index is 0.453. The van der Waals surface area contributed by atoms with E-state index in [1.807, 2.05) is 6.92 Å². The van der Waals surface area contributed by atoms with Crippen molar-refractivity contribution in [2.24, 2.45) is 5.92 Å². The van der Waals surface area contributed by atoms with Crippen LogP contribution in [0.5, 0.6) is 0 Å². The lowest BCUT2D eigenvalue weighted by atomic mass is 10.1. The Hall–Kier alpha value is -1.63. The molecule has 0 N–H and O–H groups in total. The number of hydrogen-bond acceptors (Lipinski definition) is 4. The molecule has 4 nitrogen and oxygen atoms in total. The van der Waals surface area contributed by atoms with Crippen molar-refractivity contribution in [3.63, 3.8) is 0 Å². The topological polar surface area (TPSA) is 52.8 Å². The number of aromatic nitrogens is 2. The van der Waals surface area contributed by atoms with Crippen LogP contribution in [0.25, 0.3) is 0 Å². The van der Waals surface area contributed by atoms with E-state index in [1.165, 1.54) is 6.42 Å². The lowest BCUT2D eigenvalue weighted by Gasteiger charge is -2.21. The Kier molecular flexibility index (Phi) is 2.78. The number of anilines is 1. The molecule has 2 rings (SSSR count). The van der Waals surface area contributed by atoms with Gasteiger partial charge < -0.3 is 4.90 Å². The van der Waals surface area contributed by atoms with Crippen molar-refractivity contribution in [2.75, 3.05) is 11.4 Å². The van der Waals surface area contributed by atoms with Crippen molar-refractivity contribution in [1.29, 1.82) is 5.26 Å². The number of nitriles is 1. The molecule has 0 amide bonds. The number of aryl methyl sites for hydroxylation is 1. The van der Waals surface area contributed by atoms with Crippen LogP contribution in [0.2, 0.25) is 0 Å². The molecule has 0 bridgehead atoms. The highest BCUT2D eigenvalue weighted by Crippen LogP contribution is 2.26. The van der Waals surface area contributed by atoms with Gasteiger partial charge in [-0.2, -0.15) is 5.26 Å². The fourth-order valence-electron chi connectivity index (χ4n) is 2.32. The van der Waals surface area contributed by atoms with Gasteiger partial charge in [0.05, 0.1) is 0 Å². The molecule has 1 aromatic heterocycles. The first-order valence-electron chi connectivity index (χ1n) is 5.62. The zero-order valence-corrected chi connectivity index (χ0v) is 9.94. The maximum absolute atomic E-state index is 8.89. The quantitative estimate of drug-likeness (QED) is 0.719. The van der Waals surface area contributed by atoms with Crippen molar-refractivity contribution in [1.82, 2.24) is 9.97 Å². The van der Waals surface area contributed by atoms with Gasteiger partial charge in [0.25, 0.3) is 0 Å². The molecule has 0 radical (unpaired) electrons. The molecule has 0 aromatic carbocycles. The zero-order chi connectivity index (χ0) is 11.7. The summed E-state index contributed by atoms with van der Waals surface area (Å²) >= 11 is 0. The van der Waals surface area contributed by atoms with Crippen LogP contribution in [0, 0.1) is 24.2 Å². The van der Waals surface area contributed by atoms with Crippen molar-refractivity contribution in [2.45, 2.75) is 33.2 Å². The Labute approximate surface area is 95.9 Å². The second kappa shape index (κ2) is 4.09. The summed E-state index contributed by atoms with van der Waals surface area (Å²) in [6.45, 7) is 7.30. The van der Waals surface area contributed by atoms with E-state index < -0.39 is 0 Å². The van der Waals surface area contributed by atoms with E-state index in [9.17, 15) is 0 Å². The molecule has 1 aliphatic heterocycles. The van der Waals surface area contributed by atoms with Crippen LogP contribution in [-0.4, -0.2) is 22.6 Å². The third-order valence-corrected chi connectivity index (χ3v) is 3.00. The lowest BCUT2D eigenvalue weighted by molar-refractivity contribution is 0.624. The molecule has 2 atom stereocenters. The van der Waals surface area contributed by atoms with E-state index in [2.05, 4.69) is 34.8 Å². The van der Waals surface area contributed by atoms with Gasteiger partial charge in [0.15, 0.2) is 0 Å². The highest BCUT2D eigenvalue weighted by molar-refractivity contribution is 5.38. The van der Waals surface area contributed by atoms with Gasteiger partial charge in [0.2, 0.25) is 5.95 Å². The lowest BCUT2D eigenvalue weighted by Crippen LogP contribution is -2.29. The average molecular weight is 216 g/mol. The van der Waals surface area contributed by atoms with Gasteiger partial charge in [0.1, 0.15) is 11.8 Å². The first kappa shape index (κ1) is 10.9. The summed E-state index contributed by atoms with van der Waals surface area (Å²) in [5, 5.41) is 8.89. The second-order valence-electron chi connectivity index (χ2n) is 4.65. The second-order valence-corrected chi connectivity index (χ2v) is 4.65. The minimum Gasteiger partial charge on any atom is -0.338 e. The Morgan fingerprint density at radius 2 is 2.19 bits per heavy atom. The average Bonchev–Trinajstić information content (AvgIpc) is 2.57. The maximum Gasteiger partial charge on any atom is 0.227 e. The maximum atomic E-state index is 8.89. The van der Waals surface area contributed by atoms with Crippen molar-refractivity contribution < 1.29 is 0 Å². The largest absolute Gasteiger partial charge is 0.338 e. The molecule has 1 fully saturated rings. The Morgan fingerprint density at radius 3 is 2.75 bits per heavy atom. The molecular formula is C12H16N4. The Balaban J connectivity index is 2.34. The molecule has 2 heterocycles. The van der Waals surface area contributed by atoms with E-state index in [4.69, 9.17) is 5.26 Å². The van der Waals surface area contributed by atoms with Crippen LogP contribution in [0.1, 0.15) is 31.7 Å². The van der Waals surface area contributed by atoms with Crippen LogP contribution in [0.3, 0.4) is 0 Å². The predicted molar refractivity (Wildman–Crippen MR) is 62.1 cm³/mol. The fourth-order valence-corrected chi connectivity index (χ4v) is 2.32. The SMILES string of the molecule is Cc1cc(C#N)nc(N2CC(C)CC2C)n1. The van der Waals surface area contributed by atoms with Crippen LogP contribution >= 0.6 is 0 Å². The molecule has 4 heteroatoms. The van der Waals surface area contributed by atoms with Crippen LogP contribution in [0.4, 0.5) is 5.95 Å². The van der Waals surface area contributed by atoms with Crippen LogP contribution in [0.15, 0.2) is 6.07 Å². The van der Waals surface area contributed by atoms with Crippen molar-refractivity contribution in [3.8, 4) is 6.07 Å². The summed E-state index contributed by atoms with van der Waals surface area (Å²) < 4.78 is 0. The zero-order valence-electron chi connectivity index (χ0n) is 9.94. The molecule has 16 heavy (non-hydrogen) atoms. The van der Waals surface area contributed by atoms with Crippen molar-refractivity contribution >= 4 is 5.95 Å². The summed E-state index contributed by atoms with van der Waals surface area (Å²) in [6.07, 6.45) is 1.17. The number of rotatable bonds is 1. The van der Waals surface area contributed by atoms with Crippen LogP contribution in [-0.2, 0) is 0 Å². The van der Waals surface area contributed by atoms with Crippen molar-refractivity contribution in [3.05, 3.63) is 17.5 Å². The smallest absolute Gasteiger partial charge is 0.227 e. The van der Waals surface area contributed by atoms with Gasteiger partial charge in [-0.3, -0.25) is 0 Å². The third-order valence-electron chi connectivity index (χ3n) is 3.00. The molecular weight excluding hydrogens is 200 g/mol. The van der Waals surface area contributed by atoms with Gasteiger partial charge in [-0.15, -0.1) is 0 Å². The summed E-state index contributed by atoms with van der Waals surface area (Å²) in [6, 6.07) is 4.26. The van der Waals surface area contributed by atoms with Gasteiger partial charge in [0, 0.05) is 18.3 Å². The van der Waals surface area contributed by atoms with Gasteiger partial charge in [-0.25, -0.2) is 9.97 Å². The summed E-state index contributed by atoms with van der Waals surface area (Å²) in [7, 11) is 0. The fraction of sp³-hybridized carbons (Fsp3) is 0.583. The summed E-state index contributed by atoms with van der Waals surface area (Å²) in [5.41, 5.74) is 1.31. The summed E-state index contributed by atoms with van der Waals surface area (Å²) in [4.78, 5) is 10.9. The molecule has 84 valence electrons. The molecule has 0 spiro atoms. The molecule has 0 saturated carbocycles.